The number of halogens is 1. The van der Waals surface area contributed by atoms with E-state index in [1.54, 1.807) is 0 Å². The molecule has 1 aromatic heterocycles. The summed E-state index contributed by atoms with van der Waals surface area (Å²) >= 11 is 0. The summed E-state index contributed by atoms with van der Waals surface area (Å²) in [6.45, 7) is 3.43. The minimum atomic E-state index is -1.44. The van der Waals surface area contributed by atoms with Gasteiger partial charge in [0.25, 0.3) is 0 Å². The lowest BCUT2D eigenvalue weighted by Crippen LogP contribution is -2.14. The SMILES string of the molecule is C=Cc1c(F)ccc2c1cc(C(=O)O)n2C(=O)O. The van der Waals surface area contributed by atoms with Gasteiger partial charge in [0.1, 0.15) is 11.5 Å². The van der Waals surface area contributed by atoms with Gasteiger partial charge in [0.05, 0.1) is 5.52 Å². The normalized spacial score (nSPS) is 10.5. The number of aromatic nitrogens is 1. The van der Waals surface area contributed by atoms with Gasteiger partial charge in [0, 0.05) is 10.9 Å². The van der Waals surface area contributed by atoms with Crippen LogP contribution in [0.1, 0.15) is 16.1 Å². The third-order valence-electron chi connectivity index (χ3n) is 2.59. The van der Waals surface area contributed by atoms with E-state index in [0.717, 1.165) is 12.1 Å². The summed E-state index contributed by atoms with van der Waals surface area (Å²) in [5.74, 6) is -1.99. The van der Waals surface area contributed by atoms with E-state index in [2.05, 4.69) is 6.58 Å². The summed E-state index contributed by atoms with van der Waals surface area (Å²) in [7, 11) is 0. The zero-order valence-electron chi connectivity index (χ0n) is 9.05. The predicted octanol–water partition coefficient (Wildman–Crippen LogP) is 2.65. The van der Waals surface area contributed by atoms with Gasteiger partial charge in [-0.25, -0.2) is 18.5 Å². The summed E-state index contributed by atoms with van der Waals surface area (Å²) in [6.07, 6.45) is -0.223. The molecule has 0 bridgehead atoms. The van der Waals surface area contributed by atoms with Gasteiger partial charge >= 0.3 is 12.1 Å². The number of aromatic carboxylic acids is 1. The number of carboxylic acid groups (broad SMARTS) is 2. The van der Waals surface area contributed by atoms with Gasteiger partial charge in [0.2, 0.25) is 0 Å². The number of rotatable bonds is 2. The van der Waals surface area contributed by atoms with Crippen LogP contribution >= 0.6 is 0 Å². The summed E-state index contributed by atoms with van der Waals surface area (Å²) < 4.78 is 14.1. The molecule has 0 atom stereocenters. The number of benzene rings is 1. The number of hydrogen-bond donors (Lipinski definition) is 2. The maximum Gasteiger partial charge on any atom is 0.416 e. The molecule has 0 aliphatic carbocycles. The van der Waals surface area contributed by atoms with Gasteiger partial charge < -0.3 is 10.2 Å². The molecule has 0 radical (unpaired) electrons. The minimum Gasteiger partial charge on any atom is -0.477 e. The summed E-state index contributed by atoms with van der Waals surface area (Å²) in [5, 5.41) is 18.2. The van der Waals surface area contributed by atoms with E-state index >= 15 is 0 Å². The Balaban J connectivity index is 2.97. The zero-order chi connectivity index (χ0) is 13.4. The van der Waals surface area contributed by atoms with Crippen LogP contribution in [0.3, 0.4) is 0 Å². The first-order valence-electron chi connectivity index (χ1n) is 4.90. The van der Waals surface area contributed by atoms with Crippen molar-refractivity contribution in [3.05, 3.63) is 41.9 Å². The molecule has 18 heavy (non-hydrogen) atoms. The van der Waals surface area contributed by atoms with E-state index in [4.69, 9.17) is 10.2 Å². The Morgan fingerprint density at radius 1 is 1.33 bits per heavy atom. The molecule has 0 saturated carbocycles. The van der Waals surface area contributed by atoms with Crippen LogP contribution in [0.5, 0.6) is 0 Å². The van der Waals surface area contributed by atoms with E-state index in [1.807, 2.05) is 0 Å². The highest BCUT2D eigenvalue weighted by molar-refractivity contribution is 6.03. The Bertz CT molecular complexity index is 687. The van der Waals surface area contributed by atoms with Crippen molar-refractivity contribution < 1.29 is 24.2 Å². The Morgan fingerprint density at radius 2 is 2.00 bits per heavy atom. The number of nitrogens with zero attached hydrogens (tertiary/aromatic N) is 1. The van der Waals surface area contributed by atoms with Crippen molar-refractivity contribution >= 4 is 29.0 Å². The molecule has 5 nitrogen and oxygen atoms in total. The number of carboxylic acids is 1. The van der Waals surface area contributed by atoms with E-state index in [1.165, 1.54) is 12.1 Å². The van der Waals surface area contributed by atoms with Gasteiger partial charge in [-0.1, -0.05) is 12.7 Å². The number of fused-ring (bicyclic) bond motifs is 1. The molecule has 0 aliphatic heterocycles. The van der Waals surface area contributed by atoms with Crippen molar-refractivity contribution in [3.63, 3.8) is 0 Å². The smallest absolute Gasteiger partial charge is 0.416 e. The van der Waals surface area contributed by atoms with E-state index in [9.17, 15) is 14.0 Å². The van der Waals surface area contributed by atoms with Crippen molar-refractivity contribution in [2.75, 3.05) is 0 Å². The Morgan fingerprint density at radius 3 is 2.50 bits per heavy atom. The molecule has 92 valence electrons. The van der Waals surface area contributed by atoms with Gasteiger partial charge in [-0.15, -0.1) is 0 Å². The molecule has 2 rings (SSSR count). The molecule has 2 aromatic rings. The van der Waals surface area contributed by atoms with E-state index < -0.39 is 23.6 Å². The second kappa shape index (κ2) is 3.99. The molecule has 0 fully saturated rings. The lowest BCUT2D eigenvalue weighted by molar-refractivity contribution is 0.0685. The molecule has 0 saturated heterocycles. The molecule has 6 heteroatoms. The first-order valence-corrected chi connectivity index (χ1v) is 4.90. The molecule has 2 N–H and O–H groups in total. The second-order valence-electron chi connectivity index (χ2n) is 3.55. The molecule has 0 unspecified atom stereocenters. The van der Waals surface area contributed by atoms with E-state index in [-0.39, 0.29) is 16.5 Å². The molecule has 1 aromatic carbocycles. The molecule has 0 amide bonds. The third-order valence-corrected chi connectivity index (χ3v) is 2.59. The first-order chi connectivity index (χ1) is 8.47. The van der Waals surface area contributed by atoms with Gasteiger partial charge in [0.15, 0.2) is 0 Å². The molecule has 1 heterocycles. The van der Waals surface area contributed by atoms with Crippen LogP contribution in [0.25, 0.3) is 17.0 Å². The maximum absolute atomic E-state index is 13.5. The molecule has 0 spiro atoms. The average Bonchev–Trinajstić information content (AvgIpc) is 2.68. The maximum atomic E-state index is 13.5. The monoisotopic (exact) mass is 249 g/mol. The highest BCUT2D eigenvalue weighted by Gasteiger charge is 2.21. The number of carbonyl (C=O) groups is 2. The lowest BCUT2D eigenvalue weighted by Gasteiger charge is -2.02. The lowest BCUT2D eigenvalue weighted by atomic mass is 10.1. The summed E-state index contributed by atoms with van der Waals surface area (Å²) in [5.41, 5.74) is -0.252. The van der Waals surface area contributed by atoms with Crippen molar-refractivity contribution in [1.29, 1.82) is 0 Å². The van der Waals surface area contributed by atoms with Crippen molar-refractivity contribution in [1.82, 2.24) is 4.57 Å². The van der Waals surface area contributed by atoms with Crippen LogP contribution < -0.4 is 0 Å². The zero-order valence-corrected chi connectivity index (χ0v) is 9.05. The molecular formula is C12H8FNO4. The Labute approximate surface area is 100 Å². The van der Waals surface area contributed by atoms with E-state index in [0.29, 0.717) is 4.57 Å². The second-order valence-corrected chi connectivity index (χ2v) is 3.55. The van der Waals surface area contributed by atoms with Crippen molar-refractivity contribution in [3.8, 4) is 0 Å². The largest absolute Gasteiger partial charge is 0.477 e. The third kappa shape index (κ3) is 1.55. The topological polar surface area (TPSA) is 79.5 Å². The van der Waals surface area contributed by atoms with Crippen molar-refractivity contribution in [2.24, 2.45) is 0 Å². The predicted molar refractivity (Wildman–Crippen MR) is 62.4 cm³/mol. The van der Waals surface area contributed by atoms with Gasteiger partial charge in [-0.2, -0.15) is 0 Å². The van der Waals surface area contributed by atoms with Gasteiger partial charge in [-0.3, -0.25) is 0 Å². The fourth-order valence-corrected chi connectivity index (χ4v) is 1.85. The highest BCUT2D eigenvalue weighted by Crippen LogP contribution is 2.26. The van der Waals surface area contributed by atoms with Crippen LogP contribution in [-0.4, -0.2) is 26.8 Å². The van der Waals surface area contributed by atoms with Crippen LogP contribution in [0.2, 0.25) is 0 Å². The number of hydrogen-bond acceptors (Lipinski definition) is 2. The highest BCUT2D eigenvalue weighted by atomic mass is 19.1. The summed E-state index contributed by atoms with van der Waals surface area (Å²) in [6, 6.07) is 3.41. The van der Waals surface area contributed by atoms with Crippen LogP contribution in [-0.2, 0) is 0 Å². The fourth-order valence-electron chi connectivity index (χ4n) is 1.85. The standard InChI is InChI=1S/C12H8FNO4/c1-2-6-7-5-10(11(15)16)14(12(17)18)9(7)4-3-8(6)13/h2-5H,1H2,(H,15,16)(H,17,18). The molecule has 0 aliphatic rings. The Hall–Kier alpha value is -2.63. The molecular weight excluding hydrogens is 241 g/mol. The first kappa shape index (κ1) is 11.8. The Kier molecular flexibility index (Phi) is 2.63. The van der Waals surface area contributed by atoms with Gasteiger partial charge in [-0.05, 0) is 18.2 Å². The van der Waals surface area contributed by atoms with Crippen LogP contribution in [0.15, 0.2) is 24.8 Å². The van der Waals surface area contributed by atoms with Crippen molar-refractivity contribution in [2.45, 2.75) is 0 Å². The average molecular weight is 249 g/mol. The summed E-state index contributed by atoms with van der Waals surface area (Å²) in [4.78, 5) is 22.0. The quantitative estimate of drug-likeness (QED) is 0.857. The van der Waals surface area contributed by atoms with Crippen LogP contribution in [0.4, 0.5) is 9.18 Å². The fraction of sp³-hybridized carbons (Fsp3) is 0. The minimum absolute atomic E-state index is 0.0787. The van der Waals surface area contributed by atoms with Crippen LogP contribution in [0, 0.1) is 5.82 Å².